The molecule has 0 radical (unpaired) electrons. The number of hydrogen-bond acceptors (Lipinski definition) is 4. The van der Waals surface area contributed by atoms with Crippen LogP contribution in [-0.4, -0.2) is 17.1 Å². The van der Waals surface area contributed by atoms with E-state index in [0.717, 1.165) is 5.56 Å². The number of nitrogens with zero attached hydrogens (tertiary/aromatic N) is 1. The number of aromatic nitrogens is 2. The predicted octanol–water partition coefficient (Wildman–Crippen LogP) is 2.98. The van der Waals surface area contributed by atoms with Gasteiger partial charge in [-0.25, -0.2) is 4.98 Å². The molecule has 1 heterocycles. The Kier molecular flexibility index (Phi) is 4.42. The van der Waals surface area contributed by atoms with Crippen molar-refractivity contribution in [3.63, 3.8) is 0 Å². The molecule has 2 aromatic rings. The Labute approximate surface area is 121 Å². The van der Waals surface area contributed by atoms with Crippen molar-refractivity contribution in [3.8, 4) is 11.5 Å². The summed E-state index contributed by atoms with van der Waals surface area (Å²) in [6, 6.07) is 5.35. The molecule has 2 rings (SSSR count). The van der Waals surface area contributed by atoms with Crippen molar-refractivity contribution >= 4 is 11.6 Å². The number of halogens is 1. The van der Waals surface area contributed by atoms with Crippen molar-refractivity contribution in [1.82, 2.24) is 9.97 Å². The predicted molar refractivity (Wildman–Crippen MR) is 76.6 cm³/mol. The van der Waals surface area contributed by atoms with Gasteiger partial charge in [0.05, 0.1) is 10.7 Å². The van der Waals surface area contributed by atoms with Crippen LogP contribution in [0.3, 0.4) is 0 Å². The van der Waals surface area contributed by atoms with E-state index in [1.807, 2.05) is 13.0 Å². The number of aromatic amines is 1. The molecule has 106 valence electrons. The zero-order chi connectivity index (χ0) is 14.7. The maximum Gasteiger partial charge on any atom is 0.294 e. The van der Waals surface area contributed by atoms with Crippen molar-refractivity contribution in [2.75, 3.05) is 7.11 Å². The van der Waals surface area contributed by atoms with Crippen LogP contribution in [0.1, 0.15) is 17.1 Å². The number of nitrogens with one attached hydrogen (secondary N) is 1. The highest BCUT2D eigenvalue weighted by atomic mass is 35.5. The Morgan fingerprint density at radius 1 is 1.35 bits per heavy atom. The molecule has 0 amide bonds. The van der Waals surface area contributed by atoms with E-state index in [1.165, 1.54) is 7.11 Å². The maximum atomic E-state index is 12.0. The van der Waals surface area contributed by atoms with Crippen LogP contribution in [-0.2, 0) is 11.3 Å². The standard InChI is InChI=1S/C14H15ClN2O3/c1-8-4-5-11(10(15)6-8)20-13-9(2)16-12(7-19-3)17-14(13)18/h4-6H,7H2,1-3H3,(H,16,17,18). The molecular weight excluding hydrogens is 280 g/mol. The van der Waals surface area contributed by atoms with Gasteiger partial charge in [-0.15, -0.1) is 0 Å². The molecule has 0 aliphatic heterocycles. The SMILES string of the molecule is COCc1nc(C)c(Oc2ccc(C)cc2Cl)c(=O)[nH]1. The largest absolute Gasteiger partial charge is 0.448 e. The lowest BCUT2D eigenvalue weighted by molar-refractivity contribution is 0.177. The van der Waals surface area contributed by atoms with Crippen LogP contribution in [0, 0.1) is 13.8 Å². The number of benzene rings is 1. The highest BCUT2D eigenvalue weighted by Gasteiger charge is 2.12. The Hall–Kier alpha value is -1.85. The summed E-state index contributed by atoms with van der Waals surface area (Å²) in [5, 5.41) is 0.449. The van der Waals surface area contributed by atoms with E-state index in [9.17, 15) is 4.79 Å². The van der Waals surface area contributed by atoms with Crippen LogP contribution in [0.2, 0.25) is 5.02 Å². The van der Waals surface area contributed by atoms with E-state index in [1.54, 1.807) is 19.1 Å². The summed E-state index contributed by atoms with van der Waals surface area (Å²) in [6.45, 7) is 3.86. The van der Waals surface area contributed by atoms with Gasteiger partial charge in [0.1, 0.15) is 18.2 Å². The van der Waals surface area contributed by atoms with Gasteiger partial charge < -0.3 is 14.5 Å². The molecule has 0 bridgehead atoms. The molecule has 0 saturated carbocycles. The zero-order valence-corrected chi connectivity index (χ0v) is 12.2. The molecule has 5 nitrogen and oxygen atoms in total. The average Bonchev–Trinajstić information content (AvgIpc) is 2.36. The Balaban J connectivity index is 2.36. The van der Waals surface area contributed by atoms with Gasteiger partial charge in [0.25, 0.3) is 5.56 Å². The topological polar surface area (TPSA) is 64.2 Å². The number of methoxy groups -OCH3 is 1. The molecule has 0 aliphatic carbocycles. The first-order chi connectivity index (χ1) is 9.51. The van der Waals surface area contributed by atoms with Gasteiger partial charge in [0, 0.05) is 7.11 Å². The second-order valence-electron chi connectivity index (χ2n) is 4.40. The second-order valence-corrected chi connectivity index (χ2v) is 4.80. The lowest BCUT2D eigenvalue weighted by Gasteiger charge is -2.10. The zero-order valence-electron chi connectivity index (χ0n) is 11.5. The summed E-state index contributed by atoms with van der Waals surface area (Å²) in [7, 11) is 1.53. The normalized spacial score (nSPS) is 10.6. The Morgan fingerprint density at radius 2 is 2.10 bits per heavy atom. The number of H-pyrrole nitrogens is 1. The number of rotatable bonds is 4. The highest BCUT2D eigenvalue weighted by molar-refractivity contribution is 6.32. The van der Waals surface area contributed by atoms with Gasteiger partial charge in [-0.1, -0.05) is 17.7 Å². The third kappa shape index (κ3) is 3.18. The summed E-state index contributed by atoms with van der Waals surface area (Å²) in [4.78, 5) is 18.8. The smallest absolute Gasteiger partial charge is 0.294 e. The van der Waals surface area contributed by atoms with Crippen molar-refractivity contribution in [3.05, 3.63) is 50.7 Å². The highest BCUT2D eigenvalue weighted by Crippen LogP contribution is 2.29. The molecule has 0 atom stereocenters. The van der Waals surface area contributed by atoms with E-state index in [0.29, 0.717) is 22.3 Å². The van der Waals surface area contributed by atoms with E-state index >= 15 is 0 Å². The van der Waals surface area contributed by atoms with Crippen LogP contribution < -0.4 is 10.3 Å². The lowest BCUT2D eigenvalue weighted by Crippen LogP contribution is -2.16. The van der Waals surface area contributed by atoms with Crippen LogP contribution in [0.25, 0.3) is 0 Å². The van der Waals surface area contributed by atoms with E-state index in [2.05, 4.69) is 9.97 Å². The average molecular weight is 295 g/mol. The quantitative estimate of drug-likeness (QED) is 0.941. The van der Waals surface area contributed by atoms with Gasteiger partial charge in [-0.3, -0.25) is 4.79 Å². The minimum absolute atomic E-state index is 0.135. The molecular formula is C14H15ClN2O3. The fourth-order valence-electron chi connectivity index (χ4n) is 1.76. The third-order valence-corrected chi connectivity index (χ3v) is 2.97. The summed E-state index contributed by atoms with van der Waals surface area (Å²) in [5.74, 6) is 1.01. The molecule has 0 saturated heterocycles. The number of hydrogen-bond donors (Lipinski definition) is 1. The molecule has 6 heteroatoms. The summed E-state index contributed by atoms with van der Waals surface area (Å²) < 4.78 is 10.5. The minimum atomic E-state index is -0.360. The molecule has 0 spiro atoms. The first kappa shape index (κ1) is 14.6. The second kappa shape index (κ2) is 6.07. The molecule has 20 heavy (non-hydrogen) atoms. The molecule has 1 aromatic carbocycles. The molecule has 1 N–H and O–H groups in total. The van der Waals surface area contributed by atoms with Crippen molar-refractivity contribution in [1.29, 1.82) is 0 Å². The molecule has 0 unspecified atom stereocenters. The van der Waals surface area contributed by atoms with Gasteiger partial charge in [0.15, 0.2) is 0 Å². The molecule has 0 fully saturated rings. The molecule has 0 aliphatic rings. The van der Waals surface area contributed by atoms with Gasteiger partial charge in [-0.05, 0) is 31.5 Å². The van der Waals surface area contributed by atoms with Crippen LogP contribution in [0.5, 0.6) is 11.5 Å². The van der Waals surface area contributed by atoms with E-state index in [4.69, 9.17) is 21.1 Å². The first-order valence-electron chi connectivity index (χ1n) is 6.04. The maximum absolute atomic E-state index is 12.0. The third-order valence-electron chi connectivity index (χ3n) is 2.68. The van der Waals surface area contributed by atoms with Crippen LogP contribution >= 0.6 is 11.6 Å². The minimum Gasteiger partial charge on any atom is -0.448 e. The monoisotopic (exact) mass is 294 g/mol. The lowest BCUT2D eigenvalue weighted by atomic mass is 10.2. The van der Waals surface area contributed by atoms with Crippen LogP contribution in [0.15, 0.2) is 23.0 Å². The molecule has 1 aromatic heterocycles. The summed E-state index contributed by atoms with van der Waals surface area (Å²) in [6.07, 6.45) is 0. The van der Waals surface area contributed by atoms with E-state index < -0.39 is 0 Å². The Morgan fingerprint density at radius 3 is 2.70 bits per heavy atom. The summed E-state index contributed by atoms with van der Waals surface area (Å²) >= 11 is 6.09. The van der Waals surface area contributed by atoms with Crippen molar-refractivity contribution < 1.29 is 9.47 Å². The van der Waals surface area contributed by atoms with Crippen molar-refractivity contribution in [2.45, 2.75) is 20.5 Å². The fourth-order valence-corrected chi connectivity index (χ4v) is 2.03. The Bertz CT molecular complexity index is 683. The van der Waals surface area contributed by atoms with Crippen molar-refractivity contribution in [2.24, 2.45) is 0 Å². The number of aryl methyl sites for hydroxylation is 2. The van der Waals surface area contributed by atoms with E-state index in [-0.39, 0.29) is 17.9 Å². The first-order valence-corrected chi connectivity index (χ1v) is 6.42. The fraction of sp³-hybridized carbons (Fsp3) is 0.286. The van der Waals surface area contributed by atoms with Gasteiger partial charge >= 0.3 is 0 Å². The van der Waals surface area contributed by atoms with Gasteiger partial charge in [0.2, 0.25) is 5.75 Å². The van der Waals surface area contributed by atoms with Gasteiger partial charge in [-0.2, -0.15) is 0 Å². The summed E-state index contributed by atoms with van der Waals surface area (Å²) in [5.41, 5.74) is 1.14. The van der Waals surface area contributed by atoms with Crippen LogP contribution in [0.4, 0.5) is 0 Å². The number of ether oxygens (including phenoxy) is 2.